The molecule has 5 nitrogen and oxygen atoms in total. The number of H-pyrrole nitrogens is 1. The maximum Gasteiger partial charge on any atom is 0.266 e. The minimum atomic E-state index is -0.575. The second-order valence-corrected chi connectivity index (χ2v) is 5.19. The minimum Gasteiger partial charge on any atom is -0.326 e. The molecule has 6 heteroatoms. The molecule has 0 radical (unpaired) electrons. The third-order valence-electron chi connectivity index (χ3n) is 3.89. The number of amides is 2. The highest BCUT2D eigenvalue weighted by Gasteiger charge is 2.36. The summed E-state index contributed by atoms with van der Waals surface area (Å²) in [6.45, 7) is 0. The lowest BCUT2D eigenvalue weighted by Gasteiger charge is -2.14. The zero-order chi connectivity index (χ0) is 16.1. The maximum absolute atomic E-state index is 13.7. The predicted molar refractivity (Wildman–Crippen MR) is 82.1 cm³/mol. The van der Waals surface area contributed by atoms with Crippen molar-refractivity contribution in [2.45, 2.75) is 0 Å². The molecule has 23 heavy (non-hydrogen) atoms. The molecule has 0 unspecified atom stereocenters. The number of hydrogen-bond donors (Lipinski definition) is 1. The van der Waals surface area contributed by atoms with Crippen LogP contribution in [0, 0.1) is 5.82 Å². The van der Waals surface area contributed by atoms with Crippen LogP contribution in [-0.2, 0) is 0 Å². The summed E-state index contributed by atoms with van der Waals surface area (Å²) in [6, 6.07) is 10.7. The summed E-state index contributed by atoms with van der Waals surface area (Å²) >= 11 is 0. The normalized spacial score (nSPS) is 13.7. The van der Waals surface area contributed by atoms with Crippen molar-refractivity contribution >= 4 is 28.3 Å². The number of hydrogen-bond acceptors (Lipinski definition) is 3. The van der Waals surface area contributed by atoms with Crippen molar-refractivity contribution in [2.24, 2.45) is 0 Å². The van der Waals surface area contributed by atoms with Gasteiger partial charge in [0.2, 0.25) is 0 Å². The van der Waals surface area contributed by atoms with Gasteiger partial charge < -0.3 is 4.98 Å². The molecule has 1 N–H and O–H groups in total. The van der Waals surface area contributed by atoms with E-state index in [1.165, 1.54) is 18.2 Å². The van der Waals surface area contributed by atoms with E-state index in [2.05, 4.69) is 4.98 Å². The van der Waals surface area contributed by atoms with Crippen LogP contribution in [0.4, 0.5) is 10.1 Å². The second-order valence-electron chi connectivity index (χ2n) is 5.19. The average Bonchev–Trinajstić information content (AvgIpc) is 2.83. The topological polar surface area (TPSA) is 70.2 Å². The van der Waals surface area contributed by atoms with E-state index in [1.807, 2.05) is 0 Å². The lowest BCUT2D eigenvalue weighted by Crippen LogP contribution is -2.29. The first kappa shape index (κ1) is 13.4. The summed E-state index contributed by atoms with van der Waals surface area (Å²) in [6.07, 6.45) is 0.979. The van der Waals surface area contributed by atoms with Crippen molar-refractivity contribution in [2.75, 3.05) is 4.90 Å². The van der Waals surface area contributed by atoms with Gasteiger partial charge in [0.15, 0.2) is 0 Å². The van der Waals surface area contributed by atoms with Crippen molar-refractivity contribution in [3.8, 4) is 0 Å². The van der Waals surface area contributed by atoms with Crippen molar-refractivity contribution < 1.29 is 14.0 Å². The van der Waals surface area contributed by atoms with E-state index in [0.717, 1.165) is 11.1 Å². The van der Waals surface area contributed by atoms with Crippen LogP contribution in [0.3, 0.4) is 0 Å². The van der Waals surface area contributed by atoms with E-state index in [9.17, 15) is 18.8 Å². The highest BCUT2D eigenvalue weighted by atomic mass is 19.1. The molecule has 2 amide bonds. The van der Waals surface area contributed by atoms with E-state index in [0.29, 0.717) is 11.1 Å². The van der Waals surface area contributed by atoms with Crippen molar-refractivity contribution in [1.29, 1.82) is 0 Å². The molecular weight excluding hydrogens is 299 g/mol. The van der Waals surface area contributed by atoms with E-state index in [1.54, 1.807) is 24.3 Å². The summed E-state index contributed by atoms with van der Waals surface area (Å²) in [5.41, 5.74) is 0.371. The van der Waals surface area contributed by atoms with Crippen LogP contribution in [0.15, 0.2) is 53.5 Å². The molecule has 0 spiro atoms. The smallest absolute Gasteiger partial charge is 0.266 e. The summed E-state index contributed by atoms with van der Waals surface area (Å²) < 4.78 is 13.7. The number of carbonyl (C=O) groups is 2. The number of nitrogens with one attached hydrogen (secondary N) is 1. The number of fused-ring (bicyclic) bond motifs is 2. The highest BCUT2D eigenvalue weighted by Crippen LogP contribution is 2.30. The van der Waals surface area contributed by atoms with Gasteiger partial charge in [-0.3, -0.25) is 14.4 Å². The molecule has 4 rings (SSSR count). The fourth-order valence-corrected chi connectivity index (χ4v) is 2.78. The van der Waals surface area contributed by atoms with Crippen LogP contribution < -0.4 is 10.5 Å². The molecule has 2 aromatic carbocycles. The average molecular weight is 308 g/mol. The molecule has 112 valence electrons. The number of imide groups is 1. The lowest BCUT2D eigenvalue weighted by atomic mass is 10.1. The Morgan fingerprint density at radius 2 is 1.52 bits per heavy atom. The highest BCUT2D eigenvalue weighted by molar-refractivity contribution is 6.34. The Balaban J connectivity index is 1.91. The molecule has 1 aliphatic rings. The number of halogens is 1. The Labute approximate surface area is 129 Å². The first-order valence-electron chi connectivity index (χ1n) is 6.86. The molecular formula is C17H9FN2O3. The van der Waals surface area contributed by atoms with Crippen LogP contribution in [0.5, 0.6) is 0 Å². The zero-order valence-corrected chi connectivity index (χ0v) is 11.7. The minimum absolute atomic E-state index is 0.0825. The molecule has 0 saturated carbocycles. The quantitative estimate of drug-likeness (QED) is 0.702. The van der Waals surface area contributed by atoms with Gasteiger partial charge in [-0.2, -0.15) is 0 Å². The third-order valence-corrected chi connectivity index (χ3v) is 3.89. The molecule has 1 aromatic heterocycles. The van der Waals surface area contributed by atoms with Crippen molar-refractivity contribution in [3.05, 3.63) is 76.0 Å². The van der Waals surface area contributed by atoms with Crippen LogP contribution in [0.1, 0.15) is 20.7 Å². The molecule has 3 aromatic rings. The molecule has 0 atom stereocenters. The van der Waals surface area contributed by atoms with Gasteiger partial charge in [-0.1, -0.05) is 12.1 Å². The van der Waals surface area contributed by atoms with Crippen molar-refractivity contribution in [3.63, 3.8) is 0 Å². The van der Waals surface area contributed by atoms with Gasteiger partial charge in [0.1, 0.15) is 5.82 Å². The standard InChI is InChI=1S/C17H9FN2O3/c18-14-8-19-15(21)13-7-9(5-6-10(13)14)20-16(22)11-3-1-2-4-12(11)17(20)23/h1-8H,(H,19,21). The molecule has 0 aliphatic carbocycles. The third kappa shape index (κ3) is 1.81. The van der Waals surface area contributed by atoms with Gasteiger partial charge in [-0.25, -0.2) is 9.29 Å². The number of benzene rings is 2. The first-order valence-corrected chi connectivity index (χ1v) is 6.86. The van der Waals surface area contributed by atoms with Crippen LogP contribution in [0.25, 0.3) is 10.8 Å². The molecule has 0 fully saturated rings. The Morgan fingerprint density at radius 1 is 0.870 bits per heavy atom. The first-order chi connectivity index (χ1) is 11.1. The fourth-order valence-electron chi connectivity index (χ4n) is 2.78. The number of nitrogens with zero attached hydrogens (tertiary/aromatic N) is 1. The molecule has 0 bridgehead atoms. The maximum atomic E-state index is 13.7. The Hall–Kier alpha value is -3.28. The van der Waals surface area contributed by atoms with Crippen molar-refractivity contribution in [1.82, 2.24) is 4.98 Å². The van der Waals surface area contributed by atoms with Gasteiger partial charge >= 0.3 is 0 Å². The Bertz CT molecular complexity index is 1020. The SMILES string of the molecule is O=C1c2ccccc2C(=O)N1c1ccc2c(F)c[nH]c(=O)c2c1. The Morgan fingerprint density at radius 3 is 2.17 bits per heavy atom. The van der Waals surface area contributed by atoms with Crippen LogP contribution in [-0.4, -0.2) is 16.8 Å². The van der Waals surface area contributed by atoms with Gasteiger partial charge in [-0.15, -0.1) is 0 Å². The largest absolute Gasteiger partial charge is 0.326 e. The zero-order valence-electron chi connectivity index (χ0n) is 11.7. The molecule has 1 aliphatic heterocycles. The number of pyridine rings is 1. The Kier molecular flexibility index (Phi) is 2.68. The molecule has 2 heterocycles. The van der Waals surface area contributed by atoms with E-state index < -0.39 is 23.2 Å². The van der Waals surface area contributed by atoms with Gasteiger partial charge in [0, 0.05) is 11.6 Å². The monoisotopic (exact) mass is 308 g/mol. The number of aromatic nitrogens is 1. The van der Waals surface area contributed by atoms with Gasteiger partial charge in [0.25, 0.3) is 17.4 Å². The summed E-state index contributed by atoms with van der Waals surface area (Å²) in [5.74, 6) is -1.50. The van der Waals surface area contributed by atoms with E-state index in [4.69, 9.17) is 0 Å². The van der Waals surface area contributed by atoms with Crippen LogP contribution in [0.2, 0.25) is 0 Å². The fraction of sp³-hybridized carbons (Fsp3) is 0. The van der Waals surface area contributed by atoms with Gasteiger partial charge in [-0.05, 0) is 30.3 Å². The number of rotatable bonds is 1. The predicted octanol–water partition coefficient (Wildman–Crippen LogP) is 2.47. The van der Waals surface area contributed by atoms with Crippen LogP contribution >= 0.6 is 0 Å². The summed E-state index contributed by atoms with van der Waals surface area (Å²) in [4.78, 5) is 40.0. The number of carbonyl (C=O) groups excluding carboxylic acids is 2. The number of aromatic amines is 1. The van der Waals surface area contributed by atoms with E-state index >= 15 is 0 Å². The number of anilines is 1. The second kappa shape index (κ2) is 4.61. The summed E-state index contributed by atoms with van der Waals surface area (Å²) in [7, 11) is 0. The van der Waals surface area contributed by atoms with E-state index in [-0.39, 0.29) is 16.5 Å². The molecule has 0 saturated heterocycles. The van der Waals surface area contributed by atoms with Gasteiger partial charge in [0.05, 0.1) is 22.2 Å². The summed E-state index contributed by atoms with van der Waals surface area (Å²) in [5, 5.41) is 0.216. The lowest BCUT2D eigenvalue weighted by molar-refractivity contribution is 0.0926.